The summed E-state index contributed by atoms with van der Waals surface area (Å²) in [4.78, 5) is 20.5. The number of hydrogen-bond acceptors (Lipinski definition) is 5. The van der Waals surface area contributed by atoms with Gasteiger partial charge in [-0.15, -0.1) is 0 Å². The molecule has 0 aromatic heterocycles. The average Bonchev–Trinajstić information content (AvgIpc) is 2.70. The van der Waals surface area contributed by atoms with Crippen LogP contribution in [0.5, 0.6) is 0 Å². The van der Waals surface area contributed by atoms with E-state index < -0.39 is 0 Å². The molecule has 5 heterocycles. The second kappa shape index (κ2) is 8.05. The maximum atomic E-state index is 13.1. The van der Waals surface area contributed by atoms with E-state index in [1.165, 1.54) is 38.8 Å². The van der Waals surface area contributed by atoms with Crippen LogP contribution in [0.2, 0.25) is 0 Å². The lowest BCUT2D eigenvalue weighted by atomic mass is 9.68. The first-order chi connectivity index (χ1) is 13.6. The van der Waals surface area contributed by atoms with E-state index in [1.54, 1.807) is 11.8 Å². The first-order valence-electron chi connectivity index (χ1n) is 11.3. The van der Waals surface area contributed by atoms with E-state index in [1.807, 2.05) is 0 Å². The van der Waals surface area contributed by atoms with Gasteiger partial charge in [0.25, 0.3) is 0 Å². The van der Waals surface area contributed by atoms with E-state index in [2.05, 4.69) is 14.7 Å². The molecule has 156 valence electrons. The van der Waals surface area contributed by atoms with Crippen LogP contribution < -0.4 is 5.73 Å². The van der Waals surface area contributed by atoms with E-state index in [-0.39, 0.29) is 0 Å². The summed E-state index contributed by atoms with van der Waals surface area (Å²) in [6.07, 6.45) is 9.09. The standard InChI is InChI=1S/C21H34N4OS2/c22-15-5-9-24(10-6-15)21(27)28-16-11-18-17-4-2-8-23-7-1-3-14(20(17)23)13-25(18)19(26)12-16/h14-18,20H,1-13,22H2/t14?,16?,17?,18?,20-/m0/s1. The Morgan fingerprint density at radius 2 is 1.82 bits per heavy atom. The lowest BCUT2D eigenvalue weighted by Gasteiger charge is -2.59. The Kier molecular flexibility index (Phi) is 5.63. The average molecular weight is 423 g/mol. The first-order valence-corrected chi connectivity index (χ1v) is 12.6. The summed E-state index contributed by atoms with van der Waals surface area (Å²) in [5.74, 6) is 1.78. The molecule has 0 aliphatic carbocycles. The number of carbonyl (C=O) groups excluding carboxylic acids is 1. The topological polar surface area (TPSA) is 52.8 Å². The third-order valence-corrected chi connectivity index (χ3v) is 9.66. The van der Waals surface area contributed by atoms with Gasteiger partial charge in [-0.05, 0) is 69.9 Å². The van der Waals surface area contributed by atoms with Gasteiger partial charge in [0.2, 0.25) is 5.91 Å². The first kappa shape index (κ1) is 19.6. The molecule has 7 heteroatoms. The second-order valence-corrected chi connectivity index (χ2v) is 11.6. The Bertz CT molecular complexity index is 622. The minimum atomic E-state index is 0.328. The van der Waals surface area contributed by atoms with Crippen LogP contribution in [-0.4, -0.2) is 81.0 Å². The van der Waals surface area contributed by atoms with E-state index in [0.29, 0.717) is 41.5 Å². The molecule has 5 fully saturated rings. The zero-order chi connectivity index (χ0) is 19.3. The van der Waals surface area contributed by atoms with Crippen molar-refractivity contribution in [3.8, 4) is 0 Å². The zero-order valence-electron chi connectivity index (χ0n) is 16.8. The van der Waals surface area contributed by atoms with Gasteiger partial charge in [0.1, 0.15) is 4.32 Å². The fourth-order valence-corrected chi connectivity index (χ4v) is 8.36. The van der Waals surface area contributed by atoms with Crippen LogP contribution in [-0.2, 0) is 4.79 Å². The number of hydrogen-bond donors (Lipinski definition) is 1. The number of nitrogens with zero attached hydrogens (tertiary/aromatic N) is 3. The minimum absolute atomic E-state index is 0.328. The molecule has 4 unspecified atom stereocenters. The van der Waals surface area contributed by atoms with Crippen LogP contribution in [0.25, 0.3) is 0 Å². The number of fused-ring (bicyclic) bond motifs is 2. The highest BCUT2D eigenvalue weighted by molar-refractivity contribution is 8.23. The fourth-order valence-electron chi connectivity index (χ4n) is 6.64. The molecule has 5 atom stereocenters. The van der Waals surface area contributed by atoms with Crippen molar-refractivity contribution in [2.75, 3.05) is 32.7 Å². The summed E-state index contributed by atoms with van der Waals surface area (Å²) in [5.41, 5.74) is 6.04. The van der Waals surface area contributed by atoms with Crippen molar-refractivity contribution in [3.63, 3.8) is 0 Å². The molecule has 0 saturated carbocycles. The molecule has 0 spiro atoms. The highest BCUT2D eigenvalue weighted by Crippen LogP contribution is 2.46. The van der Waals surface area contributed by atoms with Gasteiger partial charge in [-0.1, -0.05) is 24.0 Å². The summed E-state index contributed by atoms with van der Waals surface area (Å²) in [7, 11) is 0. The van der Waals surface area contributed by atoms with Crippen molar-refractivity contribution >= 4 is 34.2 Å². The van der Waals surface area contributed by atoms with E-state index in [9.17, 15) is 4.79 Å². The molecule has 1 amide bonds. The summed E-state index contributed by atoms with van der Waals surface area (Å²) in [6.45, 7) is 5.51. The molecule has 2 N–H and O–H groups in total. The third kappa shape index (κ3) is 3.61. The summed E-state index contributed by atoms with van der Waals surface area (Å²) >= 11 is 7.58. The van der Waals surface area contributed by atoms with Gasteiger partial charge in [0, 0.05) is 49.4 Å². The normalized spacial score (nSPS) is 39.5. The van der Waals surface area contributed by atoms with Crippen LogP contribution in [0.4, 0.5) is 0 Å². The van der Waals surface area contributed by atoms with Crippen LogP contribution in [0.1, 0.15) is 51.4 Å². The molecular weight excluding hydrogens is 388 g/mol. The number of piperidine rings is 5. The molecule has 5 aliphatic rings. The van der Waals surface area contributed by atoms with Gasteiger partial charge in [-0.3, -0.25) is 9.69 Å². The van der Waals surface area contributed by atoms with Crippen LogP contribution in [0, 0.1) is 11.8 Å². The molecular formula is C21H34N4OS2. The maximum absolute atomic E-state index is 13.1. The quantitative estimate of drug-likeness (QED) is 0.655. The van der Waals surface area contributed by atoms with Gasteiger partial charge in [-0.25, -0.2) is 0 Å². The number of amides is 1. The SMILES string of the molecule is NC1CCN(C(=S)SC2CC(=O)N3CC4CCCN5CCCC(C3C2)[C@H]45)CC1. The Morgan fingerprint density at radius 1 is 1.07 bits per heavy atom. The minimum Gasteiger partial charge on any atom is -0.357 e. The predicted octanol–water partition coefficient (Wildman–Crippen LogP) is 2.29. The summed E-state index contributed by atoms with van der Waals surface area (Å²) < 4.78 is 0.995. The van der Waals surface area contributed by atoms with Crippen LogP contribution in [0.3, 0.4) is 0 Å². The maximum Gasteiger partial charge on any atom is 0.223 e. The number of nitrogens with two attached hydrogens (primary N) is 1. The van der Waals surface area contributed by atoms with E-state index in [0.717, 1.165) is 49.3 Å². The zero-order valence-corrected chi connectivity index (χ0v) is 18.4. The molecule has 5 rings (SSSR count). The number of thiocarbonyl (C=S) groups is 1. The smallest absolute Gasteiger partial charge is 0.223 e. The molecule has 5 nitrogen and oxygen atoms in total. The predicted molar refractivity (Wildman–Crippen MR) is 118 cm³/mol. The Morgan fingerprint density at radius 3 is 2.61 bits per heavy atom. The van der Waals surface area contributed by atoms with Crippen molar-refractivity contribution in [1.29, 1.82) is 0 Å². The van der Waals surface area contributed by atoms with Crippen LogP contribution >= 0.6 is 24.0 Å². The van der Waals surface area contributed by atoms with Gasteiger partial charge in [0.05, 0.1) is 0 Å². The van der Waals surface area contributed by atoms with E-state index >= 15 is 0 Å². The molecule has 0 radical (unpaired) electrons. The number of likely N-dealkylation sites (tertiary alicyclic amines) is 1. The lowest BCUT2D eigenvalue weighted by molar-refractivity contribution is -0.150. The third-order valence-electron chi connectivity index (χ3n) is 7.96. The van der Waals surface area contributed by atoms with Gasteiger partial charge < -0.3 is 15.5 Å². The summed E-state index contributed by atoms with van der Waals surface area (Å²) in [5, 5.41) is 0.354. The van der Waals surface area contributed by atoms with Crippen molar-refractivity contribution in [3.05, 3.63) is 0 Å². The van der Waals surface area contributed by atoms with E-state index in [4.69, 9.17) is 18.0 Å². The lowest BCUT2D eigenvalue weighted by Crippen LogP contribution is -2.67. The Labute approximate surface area is 178 Å². The van der Waals surface area contributed by atoms with Gasteiger partial charge in [0.15, 0.2) is 0 Å². The molecule has 28 heavy (non-hydrogen) atoms. The van der Waals surface area contributed by atoms with Crippen molar-refractivity contribution in [2.24, 2.45) is 17.6 Å². The van der Waals surface area contributed by atoms with Crippen molar-refractivity contribution in [2.45, 2.75) is 74.7 Å². The molecule has 0 aromatic carbocycles. The monoisotopic (exact) mass is 422 g/mol. The molecule has 5 aliphatic heterocycles. The Balaban J connectivity index is 1.27. The van der Waals surface area contributed by atoms with Gasteiger partial charge >= 0.3 is 0 Å². The number of carbonyl (C=O) groups is 1. The number of rotatable bonds is 1. The summed E-state index contributed by atoms with van der Waals surface area (Å²) in [6, 6.07) is 1.50. The van der Waals surface area contributed by atoms with Crippen molar-refractivity contribution in [1.82, 2.24) is 14.7 Å². The number of thioether (sulfide) groups is 1. The largest absolute Gasteiger partial charge is 0.357 e. The highest BCUT2D eigenvalue weighted by Gasteiger charge is 2.51. The second-order valence-electron chi connectivity index (χ2n) is 9.62. The Hall–Kier alpha value is -0.370. The molecule has 0 aromatic rings. The fraction of sp³-hybridized carbons (Fsp3) is 0.905. The molecule has 0 bridgehead atoms. The van der Waals surface area contributed by atoms with Crippen LogP contribution in [0.15, 0.2) is 0 Å². The van der Waals surface area contributed by atoms with Crippen molar-refractivity contribution < 1.29 is 4.79 Å². The highest BCUT2D eigenvalue weighted by atomic mass is 32.2. The molecule has 5 saturated heterocycles. The van der Waals surface area contributed by atoms with Gasteiger partial charge in [-0.2, -0.15) is 0 Å².